The summed E-state index contributed by atoms with van der Waals surface area (Å²) in [6, 6.07) is 0. The van der Waals surface area contributed by atoms with Crippen LogP contribution in [0.2, 0.25) is 0 Å². The molecule has 4 heteroatoms. The van der Waals surface area contributed by atoms with Crippen LogP contribution in [-0.4, -0.2) is 20.7 Å². The standard InChI is InChI=1S/C12H19N3O/c1-9-8-15(3)13-10(9)11(14-16)12(2)6-4-5-7-12/h8,16H,4-7H2,1-3H3/i1D. The maximum atomic E-state index is 9.31. The molecular formula is C12H19N3O. The first-order valence-electron chi connectivity index (χ1n) is 6.36. The maximum absolute atomic E-state index is 9.31. The summed E-state index contributed by atoms with van der Waals surface area (Å²) in [6.07, 6.45) is 6.21. The molecule has 0 bridgehead atoms. The van der Waals surface area contributed by atoms with Crippen LogP contribution in [0.4, 0.5) is 0 Å². The first-order chi connectivity index (χ1) is 8.10. The van der Waals surface area contributed by atoms with Gasteiger partial charge in [0, 0.05) is 20.0 Å². The lowest BCUT2D eigenvalue weighted by Gasteiger charge is -2.23. The summed E-state index contributed by atoms with van der Waals surface area (Å²) in [7, 11) is 1.83. The number of aromatic nitrogens is 2. The van der Waals surface area contributed by atoms with Crippen molar-refractivity contribution in [3.63, 3.8) is 0 Å². The Labute approximate surface area is 97.4 Å². The van der Waals surface area contributed by atoms with E-state index in [1.807, 2.05) is 13.2 Å². The van der Waals surface area contributed by atoms with Crippen LogP contribution in [0.1, 0.15) is 45.2 Å². The predicted molar refractivity (Wildman–Crippen MR) is 62.8 cm³/mol. The van der Waals surface area contributed by atoms with Gasteiger partial charge in [-0.2, -0.15) is 5.10 Å². The molecule has 0 aromatic carbocycles. The molecule has 1 saturated carbocycles. The van der Waals surface area contributed by atoms with Gasteiger partial charge in [0.25, 0.3) is 0 Å². The molecular weight excluding hydrogens is 202 g/mol. The Morgan fingerprint density at radius 2 is 2.31 bits per heavy atom. The van der Waals surface area contributed by atoms with Crippen LogP contribution in [0.25, 0.3) is 0 Å². The molecule has 1 aromatic heterocycles. The van der Waals surface area contributed by atoms with E-state index in [2.05, 4.69) is 17.2 Å². The number of nitrogens with zero attached hydrogens (tertiary/aromatic N) is 3. The summed E-state index contributed by atoms with van der Waals surface area (Å²) in [5, 5.41) is 17.2. The molecule has 1 N–H and O–H groups in total. The molecule has 88 valence electrons. The Morgan fingerprint density at radius 1 is 1.62 bits per heavy atom. The SMILES string of the molecule is [2H]Cc1cn(C)nc1C(=NO)C1(C)CCCC1. The maximum Gasteiger partial charge on any atom is 0.113 e. The van der Waals surface area contributed by atoms with Gasteiger partial charge in [0.15, 0.2) is 0 Å². The number of hydrogen-bond donors (Lipinski definition) is 1. The van der Waals surface area contributed by atoms with Gasteiger partial charge >= 0.3 is 0 Å². The second-order valence-corrected chi connectivity index (χ2v) is 4.89. The zero-order chi connectivity index (χ0) is 12.5. The van der Waals surface area contributed by atoms with E-state index in [0.29, 0.717) is 11.4 Å². The lowest BCUT2D eigenvalue weighted by molar-refractivity contribution is 0.307. The highest BCUT2D eigenvalue weighted by molar-refractivity contribution is 6.03. The fraction of sp³-hybridized carbons (Fsp3) is 0.667. The first kappa shape index (κ1) is 9.87. The van der Waals surface area contributed by atoms with Crippen molar-refractivity contribution in [3.05, 3.63) is 17.5 Å². The highest BCUT2D eigenvalue weighted by Crippen LogP contribution is 2.40. The van der Waals surface area contributed by atoms with Crippen molar-refractivity contribution in [2.75, 3.05) is 0 Å². The minimum absolute atomic E-state index is 0.0903. The molecule has 1 aromatic rings. The highest BCUT2D eigenvalue weighted by Gasteiger charge is 2.37. The average Bonchev–Trinajstić information content (AvgIpc) is 2.87. The summed E-state index contributed by atoms with van der Waals surface area (Å²) in [5.74, 6) is 0. The molecule has 0 unspecified atom stereocenters. The summed E-state index contributed by atoms with van der Waals surface area (Å²) in [5.41, 5.74) is 2.08. The molecule has 1 aliphatic carbocycles. The largest absolute Gasteiger partial charge is 0.411 e. The molecule has 0 radical (unpaired) electrons. The van der Waals surface area contributed by atoms with Crippen LogP contribution in [0.5, 0.6) is 0 Å². The van der Waals surface area contributed by atoms with Gasteiger partial charge in [-0.1, -0.05) is 24.9 Å². The van der Waals surface area contributed by atoms with Gasteiger partial charge in [-0.05, 0) is 25.3 Å². The van der Waals surface area contributed by atoms with Gasteiger partial charge in [-0.25, -0.2) is 0 Å². The van der Waals surface area contributed by atoms with Gasteiger partial charge in [-0.3, -0.25) is 4.68 Å². The molecule has 0 atom stereocenters. The summed E-state index contributed by atoms with van der Waals surface area (Å²) < 4.78 is 9.19. The Morgan fingerprint density at radius 3 is 2.88 bits per heavy atom. The van der Waals surface area contributed by atoms with Crippen molar-refractivity contribution in [1.82, 2.24) is 9.78 Å². The van der Waals surface area contributed by atoms with Crippen molar-refractivity contribution >= 4 is 5.71 Å². The normalized spacial score (nSPS) is 21.1. The molecule has 0 aliphatic heterocycles. The summed E-state index contributed by atoms with van der Waals surface area (Å²) in [6.45, 7) is 2.29. The molecule has 1 heterocycles. The van der Waals surface area contributed by atoms with E-state index in [4.69, 9.17) is 1.37 Å². The van der Waals surface area contributed by atoms with Crippen LogP contribution in [0.3, 0.4) is 0 Å². The van der Waals surface area contributed by atoms with Crippen LogP contribution < -0.4 is 0 Å². The molecule has 4 nitrogen and oxygen atoms in total. The van der Waals surface area contributed by atoms with Gasteiger partial charge in [0.2, 0.25) is 0 Å². The highest BCUT2D eigenvalue weighted by atomic mass is 16.4. The zero-order valence-electron chi connectivity index (χ0n) is 10.9. The van der Waals surface area contributed by atoms with E-state index in [-0.39, 0.29) is 12.3 Å². The second kappa shape index (κ2) is 3.92. The van der Waals surface area contributed by atoms with E-state index >= 15 is 0 Å². The fourth-order valence-electron chi connectivity index (χ4n) is 2.58. The number of oxime groups is 1. The van der Waals surface area contributed by atoms with Crippen molar-refractivity contribution < 1.29 is 6.58 Å². The lowest BCUT2D eigenvalue weighted by Crippen LogP contribution is -2.26. The van der Waals surface area contributed by atoms with E-state index in [0.717, 1.165) is 18.4 Å². The zero-order valence-corrected chi connectivity index (χ0v) is 9.90. The Hall–Kier alpha value is -1.32. The molecule has 1 fully saturated rings. The van der Waals surface area contributed by atoms with Crippen molar-refractivity contribution in [2.45, 2.75) is 39.5 Å². The van der Waals surface area contributed by atoms with Crippen LogP contribution in [-0.2, 0) is 7.05 Å². The van der Waals surface area contributed by atoms with Gasteiger partial charge in [0.05, 0.1) is 0 Å². The van der Waals surface area contributed by atoms with Crippen molar-refractivity contribution in [1.29, 1.82) is 0 Å². The minimum atomic E-state index is -0.0903. The Kier molecular flexibility index (Phi) is 2.42. The average molecular weight is 222 g/mol. The topological polar surface area (TPSA) is 50.4 Å². The molecule has 1 aliphatic rings. The van der Waals surface area contributed by atoms with Crippen LogP contribution in [0.15, 0.2) is 11.4 Å². The van der Waals surface area contributed by atoms with Gasteiger partial charge in [0.1, 0.15) is 11.4 Å². The second-order valence-electron chi connectivity index (χ2n) is 4.89. The summed E-state index contributed by atoms with van der Waals surface area (Å²) >= 11 is 0. The Balaban J connectivity index is 2.42. The van der Waals surface area contributed by atoms with E-state index < -0.39 is 0 Å². The number of rotatable bonds is 2. The van der Waals surface area contributed by atoms with Gasteiger partial charge < -0.3 is 5.21 Å². The smallest absolute Gasteiger partial charge is 0.113 e. The molecule has 2 rings (SSSR count). The lowest BCUT2D eigenvalue weighted by atomic mass is 9.81. The minimum Gasteiger partial charge on any atom is -0.411 e. The van der Waals surface area contributed by atoms with Gasteiger partial charge in [-0.15, -0.1) is 0 Å². The van der Waals surface area contributed by atoms with Crippen LogP contribution >= 0.6 is 0 Å². The molecule has 0 amide bonds. The monoisotopic (exact) mass is 222 g/mol. The third-order valence-electron chi connectivity index (χ3n) is 3.51. The molecule has 0 saturated heterocycles. The molecule has 0 spiro atoms. The number of hydrogen-bond acceptors (Lipinski definition) is 3. The Bertz CT molecular complexity index is 433. The quantitative estimate of drug-likeness (QED) is 0.475. The van der Waals surface area contributed by atoms with Crippen LogP contribution in [0, 0.1) is 12.3 Å². The summed E-state index contributed by atoms with van der Waals surface area (Å²) in [4.78, 5) is 0. The van der Waals surface area contributed by atoms with E-state index in [1.165, 1.54) is 12.8 Å². The number of aryl methyl sites for hydroxylation is 2. The van der Waals surface area contributed by atoms with Crippen molar-refractivity contribution in [2.24, 2.45) is 17.6 Å². The van der Waals surface area contributed by atoms with E-state index in [1.54, 1.807) is 4.68 Å². The molecule has 16 heavy (non-hydrogen) atoms. The van der Waals surface area contributed by atoms with Crippen molar-refractivity contribution in [3.8, 4) is 0 Å². The van der Waals surface area contributed by atoms with E-state index in [9.17, 15) is 5.21 Å². The third-order valence-corrected chi connectivity index (χ3v) is 3.51. The predicted octanol–water partition coefficient (Wildman–Crippen LogP) is 2.49. The third kappa shape index (κ3) is 1.72. The fourth-order valence-corrected chi connectivity index (χ4v) is 2.58. The first-order valence-corrected chi connectivity index (χ1v) is 5.65.